The van der Waals surface area contributed by atoms with E-state index in [0.717, 1.165) is 12.1 Å². The van der Waals surface area contributed by atoms with Gasteiger partial charge in [-0.25, -0.2) is 4.39 Å². The number of hydrogen-bond donors (Lipinski definition) is 1. The minimum atomic E-state index is -4.34. The first kappa shape index (κ1) is 14.0. The third-order valence-electron chi connectivity index (χ3n) is 2.71. The fourth-order valence-electron chi connectivity index (χ4n) is 1.41. The summed E-state index contributed by atoms with van der Waals surface area (Å²) in [6.45, 7) is 1.69. The average Bonchev–Trinajstić information content (AvgIpc) is 2.27. The summed E-state index contributed by atoms with van der Waals surface area (Å²) < 4.78 is 50.4. The Labute approximate surface area is 97.8 Å². The first-order valence-electron chi connectivity index (χ1n) is 5.32. The van der Waals surface area contributed by atoms with Gasteiger partial charge in [0.1, 0.15) is 6.17 Å². The molecule has 0 saturated heterocycles. The second-order valence-corrected chi connectivity index (χ2v) is 3.99. The van der Waals surface area contributed by atoms with Gasteiger partial charge < -0.3 is 5.32 Å². The van der Waals surface area contributed by atoms with Crippen LogP contribution in [0, 0.1) is 0 Å². The van der Waals surface area contributed by atoms with Gasteiger partial charge in [0, 0.05) is 12.5 Å². The van der Waals surface area contributed by atoms with Crippen molar-refractivity contribution in [3.8, 4) is 0 Å². The zero-order valence-electron chi connectivity index (χ0n) is 9.68. The van der Waals surface area contributed by atoms with Crippen LogP contribution in [0.1, 0.15) is 18.1 Å². The van der Waals surface area contributed by atoms with Crippen LogP contribution in [0.15, 0.2) is 24.3 Å². The second-order valence-electron chi connectivity index (χ2n) is 3.99. The summed E-state index contributed by atoms with van der Waals surface area (Å²) in [5.74, 6) is 0. The zero-order valence-corrected chi connectivity index (χ0v) is 9.68. The van der Waals surface area contributed by atoms with E-state index in [4.69, 9.17) is 0 Å². The van der Waals surface area contributed by atoms with Crippen LogP contribution in [0.4, 0.5) is 17.6 Å². The lowest BCUT2D eigenvalue weighted by atomic mass is 10.0. The van der Waals surface area contributed by atoms with E-state index in [-0.39, 0.29) is 12.5 Å². The molecule has 2 unspecified atom stereocenters. The summed E-state index contributed by atoms with van der Waals surface area (Å²) >= 11 is 0. The maximum Gasteiger partial charge on any atom is 0.416 e. The number of hydrogen-bond acceptors (Lipinski definition) is 1. The molecule has 96 valence electrons. The smallest absolute Gasteiger partial charge is 0.314 e. The minimum absolute atomic E-state index is 0.111. The summed E-state index contributed by atoms with van der Waals surface area (Å²) in [6.07, 6.45) is -5.34. The average molecular weight is 249 g/mol. The summed E-state index contributed by atoms with van der Waals surface area (Å²) in [6, 6.07) is 4.27. The van der Waals surface area contributed by atoms with E-state index in [9.17, 15) is 17.6 Å². The van der Waals surface area contributed by atoms with Crippen LogP contribution >= 0.6 is 0 Å². The van der Waals surface area contributed by atoms with Crippen molar-refractivity contribution in [2.24, 2.45) is 0 Å². The van der Waals surface area contributed by atoms with Crippen LogP contribution in [-0.4, -0.2) is 19.3 Å². The molecule has 0 amide bonds. The van der Waals surface area contributed by atoms with Gasteiger partial charge in [0.05, 0.1) is 5.56 Å². The molecule has 0 saturated carbocycles. The largest absolute Gasteiger partial charge is 0.416 e. The summed E-state index contributed by atoms with van der Waals surface area (Å²) in [4.78, 5) is 0. The third-order valence-corrected chi connectivity index (χ3v) is 2.71. The highest BCUT2D eigenvalue weighted by molar-refractivity contribution is 5.25. The van der Waals surface area contributed by atoms with E-state index < -0.39 is 17.9 Å². The Kier molecular flexibility index (Phi) is 4.51. The molecule has 0 bridgehead atoms. The van der Waals surface area contributed by atoms with Crippen molar-refractivity contribution in [2.75, 3.05) is 7.05 Å². The predicted molar refractivity (Wildman–Crippen MR) is 58.6 cm³/mol. The Morgan fingerprint density at radius 2 is 1.71 bits per heavy atom. The van der Waals surface area contributed by atoms with E-state index in [1.54, 1.807) is 14.0 Å². The molecule has 1 aromatic carbocycles. The van der Waals surface area contributed by atoms with Gasteiger partial charge >= 0.3 is 6.18 Å². The maximum atomic E-state index is 13.5. The van der Waals surface area contributed by atoms with E-state index in [0.29, 0.717) is 5.56 Å². The molecule has 0 aliphatic carbocycles. The van der Waals surface area contributed by atoms with Gasteiger partial charge in [0.25, 0.3) is 0 Å². The predicted octanol–water partition coefficient (Wildman–Crippen LogP) is 3.19. The maximum absolute atomic E-state index is 13.5. The van der Waals surface area contributed by atoms with E-state index in [2.05, 4.69) is 5.32 Å². The molecule has 0 spiro atoms. The SMILES string of the molecule is CNC(C)C(F)Cc1ccc(C(F)(F)F)cc1. The monoisotopic (exact) mass is 249 g/mol. The van der Waals surface area contributed by atoms with Crippen molar-refractivity contribution >= 4 is 0 Å². The molecule has 2 atom stereocenters. The summed E-state index contributed by atoms with van der Waals surface area (Å²) in [5.41, 5.74) is -0.147. The molecule has 0 radical (unpaired) electrons. The zero-order chi connectivity index (χ0) is 13.1. The minimum Gasteiger partial charge on any atom is -0.314 e. The lowest BCUT2D eigenvalue weighted by Crippen LogP contribution is -2.33. The molecule has 1 aromatic rings. The van der Waals surface area contributed by atoms with Gasteiger partial charge in [0.15, 0.2) is 0 Å². The Hall–Kier alpha value is -1.10. The molecular weight excluding hydrogens is 234 g/mol. The molecule has 5 heteroatoms. The highest BCUT2D eigenvalue weighted by atomic mass is 19.4. The van der Waals surface area contributed by atoms with Crippen LogP contribution in [-0.2, 0) is 12.6 Å². The second kappa shape index (κ2) is 5.49. The van der Waals surface area contributed by atoms with Crippen molar-refractivity contribution in [1.29, 1.82) is 0 Å². The van der Waals surface area contributed by atoms with E-state index in [1.165, 1.54) is 12.1 Å². The van der Waals surface area contributed by atoms with Crippen molar-refractivity contribution in [2.45, 2.75) is 31.7 Å². The molecule has 0 heterocycles. The number of halogens is 4. The van der Waals surface area contributed by atoms with Crippen molar-refractivity contribution in [3.05, 3.63) is 35.4 Å². The third kappa shape index (κ3) is 4.00. The number of alkyl halides is 4. The molecule has 0 aromatic heterocycles. The summed E-state index contributed by atoms with van der Waals surface area (Å²) in [7, 11) is 1.64. The van der Waals surface area contributed by atoms with Crippen LogP contribution in [0.5, 0.6) is 0 Å². The van der Waals surface area contributed by atoms with Gasteiger partial charge in [-0.3, -0.25) is 0 Å². The fraction of sp³-hybridized carbons (Fsp3) is 0.500. The van der Waals surface area contributed by atoms with Crippen molar-refractivity contribution < 1.29 is 17.6 Å². The van der Waals surface area contributed by atoms with Gasteiger partial charge in [-0.1, -0.05) is 12.1 Å². The topological polar surface area (TPSA) is 12.0 Å². The molecule has 1 N–H and O–H groups in total. The Morgan fingerprint density at radius 1 is 1.18 bits per heavy atom. The van der Waals surface area contributed by atoms with E-state index in [1.807, 2.05) is 0 Å². The number of rotatable bonds is 4. The molecule has 0 fully saturated rings. The lowest BCUT2D eigenvalue weighted by Gasteiger charge is -2.16. The number of benzene rings is 1. The van der Waals surface area contributed by atoms with Crippen LogP contribution in [0.25, 0.3) is 0 Å². The highest BCUT2D eigenvalue weighted by Gasteiger charge is 2.30. The van der Waals surface area contributed by atoms with Crippen molar-refractivity contribution in [1.82, 2.24) is 5.32 Å². The van der Waals surface area contributed by atoms with Gasteiger partial charge in [-0.2, -0.15) is 13.2 Å². The Bertz CT molecular complexity index is 345. The molecular formula is C12H15F4N. The molecule has 0 aliphatic rings. The first-order valence-corrected chi connectivity index (χ1v) is 5.32. The van der Waals surface area contributed by atoms with Crippen LogP contribution < -0.4 is 5.32 Å². The molecule has 17 heavy (non-hydrogen) atoms. The highest BCUT2D eigenvalue weighted by Crippen LogP contribution is 2.29. The normalized spacial score (nSPS) is 15.6. The lowest BCUT2D eigenvalue weighted by molar-refractivity contribution is -0.137. The van der Waals surface area contributed by atoms with Crippen molar-refractivity contribution in [3.63, 3.8) is 0 Å². The van der Waals surface area contributed by atoms with Crippen LogP contribution in [0.2, 0.25) is 0 Å². The van der Waals surface area contributed by atoms with E-state index >= 15 is 0 Å². The summed E-state index contributed by atoms with van der Waals surface area (Å²) in [5, 5.41) is 2.77. The van der Waals surface area contributed by atoms with Crippen LogP contribution in [0.3, 0.4) is 0 Å². The molecule has 1 nitrogen and oxygen atoms in total. The molecule has 0 aliphatic heterocycles. The fourth-order valence-corrected chi connectivity index (χ4v) is 1.41. The quantitative estimate of drug-likeness (QED) is 0.808. The molecule has 1 rings (SSSR count). The Balaban J connectivity index is 2.69. The van der Waals surface area contributed by atoms with Gasteiger partial charge in [-0.15, -0.1) is 0 Å². The Morgan fingerprint density at radius 3 is 2.12 bits per heavy atom. The van der Waals surface area contributed by atoms with Gasteiger partial charge in [-0.05, 0) is 31.7 Å². The number of nitrogens with one attached hydrogen (secondary N) is 1. The van der Waals surface area contributed by atoms with Gasteiger partial charge in [0.2, 0.25) is 0 Å². The first-order chi connectivity index (χ1) is 7.84. The standard InChI is InChI=1S/C12H15F4N/c1-8(17-2)11(13)7-9-3-5-10(6-4-9)12(14,15)16/h3-6,8,11,17H,7H2,1-2H3.